The van der Waals surface area contributed by atoms with Crippen LogP contribution >= 0.6 is 11.3 Å². The number of nitrogens with zero attached hydrogens (tertiary/aromatic N) is 1. The molecule has 2 aromatic rings. The first-order chi connectivity index (χ1) is 10.1. The molecule has 2 N–H and O–H groups in total. The Morgan fingerprint density at radius 1 is 1.38 bits per heavy atom. The lowest BCUT2D eigenvalue weighted by molar-refractivity contribution is 0.142. The van der Waals surface area contributed by atoms with E-state index in [9.17, 15) is 14.7 Å². The maximum absolute atomic E-state index is 12.3. The van der Waals surface area contributed by atoms with Gasteiger partial charge in [0.25, 0.3) is 5.56 Å². The number of nitrogens with one attached hydrogen (secondary N) is 1. The molecule has 114 valence electrons. The Balaban J connectivity index is 2.15. The fourth-order valence-corrected chi connectivity index (χ4v) is 2.85. The molecule has 0 aliphatic carbocycles. The molecule has 0 aliphatic rings. The molecule has 0 fully saturated rings. The molecule has 0 bridgehead atoms. The third kappa shape index (κ3) is 3.98. The second-order valence-corrected chi connectivity index (χ2v) is 5.62. The lowest BCUT2D eigenvalue weighted by atomic mass is 10.3. The van der Waals surface area contributed by atoms with Crippen LogP contribution in [0, 0.1) is 0 Å². The van der Waals surface area contributed by atoms with Gasteiger partial charge in [0.15, 0.2) is 0 Å². The average molecular weight is 310 g/mol. The van der Waals surface area contributed by atoms with Gasteiger partial charge in [-0.05, 0) is 12.1 Å². The van der Waals surface area contributed by atoms with Crippen molar-refractivity contribution in [3.8, 4) is 0 Å². The van der Waals surface area contributed by atoms with Gasteiger partial charge in [0, 0.05) is 24.9 Å². The Hall–Kier alpha value is -1.54. The number of hydrogen-bond acceptors (Lipinski definition) is 6. The van der Waals surface area contributed by atoms with E-state index >= 15 is 0 Å². The molecule has 1 heterocycles. The van der Waals surface area contributed by atoms with Gasteiger partial charge in [-0.1, -0.05) is 23.5 Å². The van der Waals surface area contributed by atoms with E-state index in [1.54, 1.807) is 31.4 Å². The van der Waals surface area contributed by atoms with Gasteiger partial charge in [0.2, 0.25) is 0 Å². The molecule has 0 saturated heterocycles. The summed E-state index contributed by atoms with van der Waals surface area (Å²) >= 11 is 1.01. The van der Waals surface area contributed by atoms with Crippen LogP contribution in [-0.2, 0) is 11.3 Å². The van der Waals surface area contributed by atoms with E-state index < -0.39 is 6.10 Å². The minimum Gasteiger partial charge on any atom is -0.390 e. The third-order valence-corrected chi connectivity index (χ3v) is 4.01. The lowest BCUT2D eigenvalue weighted by Gasteiger charge is -2.13. The molecule has 6 nitrogen and oxygen atoms in total. The molecule has 21 heavy (non-hydrogen) atoms. The minimum absolute atomic E-state index is 0.0149. The van der Waals surface area contributed by atoms with Crippen molar-refractivity contribution in [3.05, 3.63) is 44.3 Å². The normalized spacial score (nSPS) is 12.7. The van der Waals surface area contributed by atoms with Crippen LogP contribution in [0.25, 0.3) is 10.1 Å². The van der Waals surface area contributed by atoms with E-state index in [4.69, 9.17) is 4.74 Å². The van der Waals surface area contributed by atoms with Gasteiger partial charge in [-0.15, -0.1) is 0 Å². The molecule has 1 aromatic heterocycles. The highest BCUT2D eigenvalue weighted by molar-refractivity contribution is 7.16. The SMILES string of the molecule is COCCNCC(O)Cn1c(=O)sc2ccccc2c1=O. The summed E-state index contributed by atoms with van der Waals surface area (Å²) in [7, 11) is 1.60. The standard InChI is InChI=1S/C14H18N2O4S/c1-20-7-6-15-8-10(17)9-16-13(18)11-4-2-3-5-12(11)21-14(16)19/h2-5,10,15,17H,6-9H2,1H3. The maximum atomic E-state index is 12.3. The molecule has 1 aromatic carbocycles. The van der Waals surface area contributed by atoms with E-state index in [1.165, 1.54) is 0 Å². The van der Waals surface area contributed by atoms with Crippen LogP contribution in [0.3, 0.4) is 0 Å². The molecule has 0 spiro atoms. The van der Waals surface area contributed by atoms with Gasteiger partial charge in [-0.3, -0.25) is 14.2 Å². The summed E-state index contributed by atoms with van der Waals surface area (Å²) in [5.74, 6) is 0. The summed E-state index contributed by atoms with van der Waals surface area (Å²) in [6.07, 6.45) is -0.805. The number of aliphatic hydroxyl groups is 1. The van der Waals surface area contributed by atoms with Gasteiger partial charge in [0.1, 0.15) is 0 Å². The first-order valence-corrected chi connectivity index (χ1v) is 7.45. The summed E-state index contributed by atoms with van der Waals surface area (Å²) in [5.41, 5.74) is -0.356. The first kappa shape index (κ1) is 15.8. The van der Waals surface area contributed by atoms with Crippen LogP contribution < -0.4 is 15.7 Å². The second kappa shape index (κ2) is 7.46. The summed E-state index contributed by atoms with van der Waals surface area (Å²) in [5, 5.41) is 13.4. The molecular weight excluding hydrogens is 292 g/mol. The first-order valence-electron chi connectivity index (χ1n) is 6.64. The zero-order valence-electron chi connectivity index (χ0n) is 11.7. The number of hydrogen-bond donors (Lipinski definition) is 2. The number of ether oxygens (including phenoxy) is 1. The van der Waals surface area contributed by atoms with E-state index in [-0.39, 0.29) is 17.0 Å². The van der Waals surface area contributed by atoms with Crippen molar-refractivity contribution in [2.24, 2.45) is 0 Å². The quantitative estimate of drug-likeness (QED) is 0.705. The Morgan fingerprint density at radius 2 is 2.14 bits per heavy atom. The number of methoxy groups -OCH3 is 1. The highest BCUT2D eigenvalue weighted by Gasteiger charge is 2.12. The van der Waals surface area contributed by atoms with Crippen molar-refractivity contribution in [1.29, 1.82) is 0 Å². The Morgan fingerprint density at radius 3 is 2.90 bits per heavy atom. The number of aromatic nitrogens is 1. The Kier molecular flexibility index (Phi) is 5.63. The van der Waals surface area contributed by atoms with Crippen LogP contribution in [0.5, 0.6) is 0 Å². The highest BCUT2D eigenvalue weighted by Crippen LogP contribution is 2.10. The van der Waals surface area contributed by atoms with Crippen LogP contribution in [-0.4, -0.2) is 42.6 Å². The van der Waals surface area contributed by atoms with Gasteiger partial charge in [0.05, 0.1) is 24.6 Å². The molecule has 0 amide bonds. The van der Waals surface area contributed by atoms with Gasteiger partial charge in [-0.2, -0.15) is 0 Å². The van der Waals surface area contributed by atoms with Crippen LogP contribution in [0.2, 0.25) is 0 Å². The number of rotatable bonds is 7. The predicted molar refractivity (Wildman–Crippen MR) is 83.1 cm³/mol. The zero-order chi connectivity index (χ0) is 15.2. The van der Waals surface area contributed by atoms with Crippen molar-refractivity contribution < 1.29 is 9.84 Å². The Bertz CT molecular complexity index is 710. The van der Waals surface area contributed by atoms with Crippen molar-refractivity contribution in [3.63, 3.8) is 0 Å². The molecule has 0 radical (unpaired) electrons. The summed E-state index contributed by atoms with van der Waals surface area (Å²) < 4.78 is 6.64. The number of fused-ring (bicyclic) bond motifs is 1. The molecule has 2 rings (SSSR count). The molecular formula is C14H18N2O4S. The predicted octanol–water partition coefficient (Wildman–Crippen LogP) is 0.0201. The monoisotopic (exact) mass is 310 g/mol. The molecule has 1 atom stereocenters. The van der Waals surface area contributed by atoms with Gasteiger partial charge < -0.3 is 15.2 Å². The molecule has 0 aliphatic heterocycles. The molecule has 1 unspecified atom stereocenters. The summed E-state index contributed by atoms with van der Waals surface area (Å²) in [6, 6.07) is 6.98. The fraction of sp³-hybridized carbons (Fsp3) is 0.429. The second-order valence-electron chi connectivity index (χ2n) is 4.63. The largest absolute Gasteiger partial charge is 0.390 e. The topological polar surface area (TPSA) is 80.6 Å². The summed E-state index contributed by atoms with van der Waals surface area (Å²) in [6.45, 7) is 1.43. The van der Waals surface area contributed by atoms with Crippen LogP contribution in [0.1, 0.15) is 0 Å². The van der Waals surface area contributed by atoms with E-state index in [0.717, 1.165) is 15.9 Å². The van der Waals surface area contributed by atoms with E-state index in [2.05, 4.69) is 5.32 Å². The van der Waals surface area contributed by atoms with Crippen molar-refractivity contribution in [2.45, 2.75) is 12.6 Å². The molecule has 0 saturated carbocycles. The third-order valence-electron chi connectivity index (χ3n) is 3.04. The van der Waals surface area contributed by atoms with Crippen LogP contribution in [0.4, 0.5) is 0 Å². The lowest BCUT2D eigenvalue weighted by Crippen LogP contribution is -2.39. The van der Waals surface area contributed by atoms with Crippen molar-refractivity contribution >= 4 is 21.4 Å². The van der Waals surface area contributed by atoms with Gasteiger partial charge in [-0.25, -0.2) is 0 Å². The number of aliphatic hydroxyl groups excluding tert-OH is 1. The van der Waals surface area contributed by atoms with E-state index in [1.807, 2.05) is 0 Å². The number of benzene rings is 1. The fourth-order valence-electron chi connectivity index (χ4n) is 1.99. The van der Waals surface area contributed by atoms with Crippen LogP contribution in [0.15, 0.2) is 33.9 Å². The smallest absolute Gasteiger partial charge is 0.310 e. The van der Waals surface area contributed by atoms with Gasteiger partial charge >= 0.3 is 4.87 Å². The van der Waals surface area contributed by atoms with Crippen molar-refractivity contribution in [2.75, 3.05) is 26.8 Å². The Labute approximate surface area is 125 Å². The average Bonchev–Trinajstić information content (AvgIpc) is 2.48. The zero-order valence-corrected chi connectivity index (χ0v) is 12.6. The highest BCUT2D eigenvalue weighted by atomic mass is 32.1. The summed E-state index contributed by atoms with van der Waals surface area (Å²) in [4.78, 5) is 23.9. The maximum Gasteiger partial charge on any atom is 0.310 e. The molecule has 7 heteroatoms. The van der Waals surface area contributed by atoms with Crippen molar-refractivity contribution in [1.82, 2.24) is 9.88 Å². The minimum atomic E-state index is -0.805. The van der Waals surface area contributed by atoms with E-state index in [0.29, 0.717) is 29.8 Å².